The van der Waals surface area contributed by atoms with Crippen molar-refractivity contribution in [3.8, 4) is 5.75 Å². The average Bonchev–Trinajstić information content (AvgIpc) is 3.06. The molecular weight excluding hydrogens is 520 g/mol. The molecule has 7 nitrogen and oxygen atoms in total. The quantitative estimate of drug-likeness (QED) is 0.351. The maximum atomic E-state index is 13.0. The first-order valence-corrected chi connectivity index (χ1v) is 11.4. The normalized spacial score (nSPS) is 16.1. The van der Waals surface area contributed by atoms with E-state index in [1.807, 2.05) is 30.3 Å². The lowest BCUT2D eigenvalue weighted by Crippen LogP contribution is -2.32. The topological polar surface area (TPSA) is 77.4 Å². The highest BCUT2D eigenvalue weighted by Crippen LogP contribution is 2.38. The van der Waals surface area contributed by atoms with Crippen molar-refractivity contribution in [3.63, 3.8) is 0 Å². The predicted molar refractivity (Wildman–Crippen MR) is 129 cm³/mol. The lowest BCUT2D eigenvalue weighted by molar-refractivity contribution is -0.142. The third-order valence-corrected chi connectivity index (χ3v) is 6.14. The summed E-state index contributed by atoms with van der Waals surface area (Å²) in [5.41, 5.74) is 1.44. The number of rotatable bonds is 8. The number of hydrogen-bond acceptors (Lipinski definition) is 7. The Morgan fingerprint density at radius 1 is 1.25 bits per heavy atom. The van der Waals surface area contributed by atoms with E-state index in [9.17, 15) is 9.59 Å². The Hall–Kier alpha value is -2.33. The van der Waals surface area contributed by atoms with E-state index in [-0.39, 0.29) is 12.5 Å². The summed E-state index contributed by atoms with van der Waals surface area (Å²) in [6, 6.07) is 12.8. The average molecular weight is 540 g/mol. The molecule has 1 heterocycles. The number of nitrogens with zero attached hydrogens (tertiary/aromatic N) is 2. The molecule has 1 aliphatic rings. The number of ether oxygens (including phenoxy) is 3. The van der Waals surface area contributed by atoms with Gasteiger partial charge in [-0.05, 0) is 63.6 Å². The molecule has 0 N–H and O–H groups in total. The summed E-state index contributed by atoms with van der Waals surface area (Å²) in [5, 5.41) is 0.868. The fourth-order valence-corrected chi connectivity index (χ4v) is 4.74. The lowest BCUT2D eigenvalue weighted by atomic mass is 10.2. The molecule has 0 aliphatic carbocycles. The number of benzene rings is 2. The molecule has 1 fully saturated rings. The van der Waals surface area contributed by atoms with Crippen LogP contribution in [0, 0.1) is 0 Å². The highest BCUT2D eigenvalue weighted by molar-refractivity contribution is 9.10. The zero-order valence-corrected chi connectivity index (χ0v) is 20.5. The second kappa shape index (κ2) is 11.5. The number of hydrogen-bond donors (Lipinski definition) is 0. The van der Waals surface area contributed by atoms with Crippen molar-refractivity contribution in [1.82, 2.24) is 4.90 Å². The molecule has 168 valence electrons. The Bertz CT molecular complexity index is 1040. The molecule has 2 aromatic carbocycles. The third-order valence-electron chi connectivity index (χ3n) is 4.27. The van der Waals surface area contributed by atoms with Gasteiger partial charge in [-0.3, -0.25) is 9.69 Å². The Balaban J connectivity index is 1.88. The van der Waals surface area contributed by atoms with Crippen LogP contribution in [-0.2, 0) is 19.1 Å². The predicted octanol–water partition coefficient (Wildman–Crippen LogP) is 4.90. The number of carbonyl (C=O) groups excluding carboxylic acids is 2. The molecular formula is C22H20BrClN2O5S. The summed E-state index contributed by atoms with van der Waals surface area (Å²) >= 11 is 11.0. The maximum Gasteiger partial charge on any atom is 0.343 e. The van der Waals surface area contributed by atoms with Gasteiger partial charge in [-0.1, -0.05) is 29.8 Å². The molecule has 10 heteroatoms. The number of amides is 1. The number of aliphatic imine (C=N–C) groups is 1. The highest BCUT2D eigenvalue weighted by Gasteiger charge is 2.33. The highest BCUT2D eigenvalue weighted by atomic mass is 79.9. The van der Waals surface area contributed by atoms with E-state index >= 15 is 0 Å². The van der Waals surface area contributed by atoms with Gasteiger partial charge < -0.3 is 14.2 Å². The van der Waals surface area contributed by atoms with Gasteiger partial charge in [-0.15, -0.1) is 0 Å². The summed E-state index contributed by atoms with van der Waals surface area (Å²) in [6.45, 7) is 0.504. The fraction of sp³-hybridized carbons (Fsp3) is 0.227. The first kappa shape index (κ1) is 24.3. The Kier molecular flexibility index (Phi) is 8.75. The van der Waals surface area contributed by atoms with E-state index in [1.165, 1.54) is 18.9 Å². The van der Waals surface area contributed by atoms with Crippen LogP contribution in [0.3, 0.4) is 0 Å². The largest absolute Gasteiger partial charge is 0.479 e. The van der Waals surface area contributed by atoms with Gasteiger partial charge >= 0.3 is 5.97 Å². The molecule has 0 radical (unpaired) electrons. The van der Waals surface area contributed by atoms with Crippen molar-refractivity contribution in [3.05, 3.63) is 62.4 Å². The fourth-order valence-electron chi connectivity index (χ4n) is 2.73. The van der Waals surface area contributed by atoms with Crippen LogP contribution in [0.15, 0.2) is 56.8 Å². The summed E-state index contributed by atoms with van der Waals surface area (Å²) in [4.78, 5) is 31.1. The van der Waals surface area contributed by atoms with Gasteiger partial charge in [0.2, 0.25) is 0 Å². The van der Waals surface area contributed by atoms with Crippen LogP contribution in [0.4, 0.5) is 5.69 Å². The van der Waals surface area contributed by atoms with Crippen LogP contribution in [0.25, 0.3) is 6.08 Å². The minimum atomic E-state index is -0.520. The number of carbonyl (C=O) groups is 2. The first-order chi connectivity index (χ1) is 15.4. The molecule has 1 saturated heterocycles. The van der Waals surface area contributed by atoms with Gasteiger partial charge in [0.25, 0.3) is 5.91 Å². The zero-order chi connectivity index (χ0) is 23.1. The number of thioether (sulfide) groups is 1. The second-order valence-electron chi connectivity index (χ2n) is 6.47. The maximum absolute atomic E-state index is 13.0. The molecule has 0 unspecified atom stereocenters. The van der Waals surface area contributed by atoms with Gasteiger partial charge in [0.1, 0.15) is 0 Å². The van der Waals surface area contributed by atoms with Crippen LogP contribution in [0.1, 0.15) is 5.56 Å². The molecule has 0 saturated carbocycles. The monoisotopic (exact) mass is 538 g/mol. The number of para-hydroxylation sites is 1. The van der Waals surface area contributed by atoms with Gasteiger partial charge in [0.05, 0.1) is 40.3 Å². The van der Waals surface area contributed by atoms with Crippen LogP contribution in [0.5, 0.6) is 5.75 Å². The first-order valence-electron chi connectivity index (χ1n) is 9.45. The molecule has 1 amide bonds. The van der Waals surface area contributed by atoms with Gasteiger partial charge in [0.15, 0.2) is 17.5 Å². The number of halogens is 2. The molecule has 1 aliphatic heterocycles. The number of methoxy groups -OCH3 is 2. The van der Waals surface area contributed by atoms with E-state index in [2.05, 4.69) is 25.7 Å². The molecule has 0 spiro atoms. The lowest BCUT2D eigenvalue weighted by Gasteiger charge is -2.14. The second-order valence-corrected chi connectivity index (χ2v) is 8.74. The molecule has 3 rings (SSSR count). The summed E-state index contributed by atoms with van der Waals surface area (Å²) in [5.74, 6) is -0.369. The van der Waals surface area contributed by atoms with E-state index in [0.29, 0.717) is 44.0 Å². The van der Waals surface area contributed by atoms with E-state index in [0.717, 1.165) is 5.69 Å². The smallest absolute Gasteiger partial charge is 0.343 e. The summed E-state index contributed by atoms with van der Waals surface area (Å²) < 4.78 is 15.7. The molecule has 0 bridgehead atoms. The SMILES string of the molecule is COCCN1C(=O)/C(=C\c2cc(Cl)c(OCC(=O)OC)c(Br)c2)SC1=Nc1ccccc1. The van der Waals surface area contributed by atoms with Crippen molar-refractivity contribution >= 4 is 68.1 Å². The van der Waals surface area contributed by atoms with E-state index in [1.54, 1.807) is 30.2 Å². The Morgan fingerprint density at radius 2 is 2.00 bits per heavy atom. The van der Waals surface area contributed by atoms with Gasteiger partial charge in [-0.2, -0.15) is 0 Å². The summed E-state index contributed by atoms with van der Waals surface area (Å²) in [7, 11) is 2.86. The van der Waals surface area contributed by atoms with E-state index in [4.69, 9.17) is 21.1 Å². The van der Waals surface area contributed by atoms with Crippen molar-refractivity contribution in [2.45, 2.75) is 0 Å². The van der Waals surface area contributed by atoms with Crippen molar-refractivity contribution in [2.24, 2.45) is 4.99 Å². The standard InChI is InChI=1S/C22H20BrClN2O5S/c1-29-9-8-26-21(28)18(32-22(26)25-15-6-4-3-5-7-15)12-14-10-16(23)20(17(24)11-14)31-13-19(27)30-2/h3-7,10-12H,8-9,13H2,1-2H3/b18-12+,25-22?. The van der Waals surface area contributed by atoms with Gasteiger partial charge in [-0.25, -0.2) is 9.79 Å². The van der Waals surface area contributed by atoms with Crippen LogP contribution < -0.4 is 4.74 Å². The van der Waals surface area contributed by atoms with E-state index < -0.39 is 5.97 Å². The molecule has 32 heavy (non-hydrogen) atoms. The molecule has 0 aromatic heterocycles. The zero-order valence-electron chi connectivity index (χ0n) is 17.3. The Morgan fingerprint density at radius 3 is 2.66 bits per heavy atom. The molecule has 0 atom stereocenters. The number of esters is 1. The Labute approximate surface area is 203 Å². The van der Waals surface area contributed by atoms with Gasteiger partial charge in [0, 0.05) is 7.11 Å². The van der Waals surface area contributed by atoms with Crippen LogP contribution in [0.2, 0.25) is 5.02 Å². The van der Waals surface area contributed by atoms with Crippen molar-refractivity contribution < 1.29 is 23.8 Å². The minimum absolute atomic E-state index is 0.167. The molecule has 2 aromatic rings. The van der Waals surface area contributed by atoms with Crippen molar-refractivity contribution in [2.75, 3.05) is 34.0 Å². The van der Waals surface area contributed by atoms with Crippen molar-refractivity contribution in [1.29, 1.82) is 0 Å². The van der Waals surface area contributed by atoms with Crippen LogP contribution in [-0.4, -0.2) is 55.9 Å². The number of amidine groups is 1. The summed E-state index contributed by atoms with van der Waals surface area (Å²) in [6.07, 6.45) is 1.74. The minimum Gasteiger partial charge on any atom is -0.479 e. The van der Waals surface area contributed by atoms with Crippen LogP contribution >= 0.6 is 39.3 Å². The third kappa shape index (κ3) is 6.13.